The first-order valence-corrected chi connectivity index (χ1v) is 5.23. The van der Waals surface area contributed by atoms with E-state index < -0.39 is 37.3 Å². The summed E-state index contributed by atoms with van der Waals surface area (Å²) in [5.41, 5.74) is 0. The predicted molar refractivity (Wildman–Crippen MR) is 50.0 cm³/mol. The second kappa shape index (κ2) is 4.14. The van der Waals surface area contributed by atoms with Gasteiger partial charge < -0.3 is 15.2 Å². The fourth-order valence-corrected chi connectivity index (χ4v) is 2.01. The molecule has 2 fully saturated rings. The van der Waals surface area contributed by atoms with Gasteiger partial charge in [0.15, 0.2) is 6.23 Å². The zero-order chi connectivity index (χ0) is 11.8. The highest BCUT2D eigenvalue weighted by Crippen LogP contribution is 2.37. The first kappa shape index (κ1) is 11.5. The van der Waals surface area contributed by atoms with E-state index in [9.17, 15) is 13.6 Å². The van der Waals surface area contributed by atoms with Crippen LogP contribution in [0, 0.1) is 0 Å². The number of halogens is 2. The van der Waals surface area contributed by atoms with E-state index in [4.69, 9.17) is 9.84 Å². The molecule has 0 bridgehead atoms. The molecule has 5 nitrogen and oxygen atoms in total. The van der Waals surface area contributed by atoms with Crippen molar-refractivity contribution in [2.24, 2.45) is 0 Å². The van der Waals surface area contributed by atoms with Crippen molar-refractivity contribution in [3.05, 3.63) is 0 Å². The summed E-state index contributed by atoms with van der Waals surface area (Å²) in [6.07, 6.45) is -2.37. The molecule has 2 aliphatic rings. The zero-order valence-electron chi connectivity index (χ0n) is 8.66. The fraction of sp³-hybridized carbons (Fsp3) is 0.889. The number of aliphatic hydroxyl groups is 1. The quantitative estimate of drug-likeness (QED) is 0.717. The Bertz CT molecular complexity index is 288. The van der Waals surface area contributed by atoms with Gasteiger partial charge in [-0.3, -0.25) is 4.90 Å². The van der Waals surface area contributed by atoms with Crippen LogP contribution < -0.4 is 5.32 Å². The van der Waals surface area contributed by atoms with Crippen LogP contribution in [0.15, 0.2) is 0 Å². The van der Waals surface area contributed by atoms with Gasteiger partial charge in [0.25, 0.3) is 5.92 Å². The normalized spacial score (nSPS) is 33.9. The molecule has 2 saturated heterocycles. The van der Waals surface area contributed by atoms with Gasteiger partial charge >= 0.3 is 6.03 Å². The molecule has 7 heteroatoms. The third-order valence-corrected chi connectivity index (χ3v) is 2.78. The molecule has 2 rings (SSSR count). The molecule has 0 aliphatic carbocycles. The number of aliphatic hydroxyl groups excluding tert-OH is 1. The maximum Gasteiger partial charge on any atom is 0.319 e. The number of alkyl halides is 2. The van der Waals surface area contributed by atoms with Gasteiger partial charge in [-0.2, -0.15) is 0 Å². The van der Waals surface area contributed by atoms with Gasteiger partial charge in [-0.25, -0.2) is 13.6 Å². The van der Waals surface area contributed by atoms with Crippen molar-refractivity contribution < 1.29 is 23.4 Å². The molecule has 92 valence electrons. The van der Waals surface area contributed by atoms with Crippen molar-refractivity contribution >= 4 is 6.03 Å². The average molecular weight is 236 g/mol. The standard InChI is InChI=1S/C9H14F2N2O3/c10-9(11)4-6(5-14)16-7(9)13-3-1-2-12-8(13)15/h6-7,14H,1-5H2,(H,12,15)/t6-,7+/m0/s1. The molecule has 2 aliphatic heterocycles. The number of hydrogen-bond acceptors (Lipinski definition) is 3. The summed E-state index contributed by atoms with van der Waals surface area (Å²) in [7, 11) is 0. The highest BCUT2D eigenvalue weighted by atomic mass is 19.3. The van der Waals surface area contributed by atoms with Crippen LogP contribution in [0.25, 0.3) is 0 Å². The fourth-order valence-electron chi connectivity index (χ4n) is 2.01. The second-order valence-electron chi connectivity index (χ2n) is 4.04. The lowest BCUT2D eigenvalue weighted by molar-refractivity contribution is -0.140. The van der Waals surface area contributed by atoms with E-state index >= 15 is 0 Å². The molecule has 16 heavy (non-hydrogen) atoms. The van der Waals surface area contributed by atoms with Gasteiger partial charge in [0.05, 0.1) is 12.7 Å². The van der Waals surface area contributed by atoms with Crippen LogP contribution in [0.1, 0.15) is 12.8 Å². The summed E-state index contributed by atoms with van der Waals surface area (Å²) in [5, 5.41) is 11.3. The molecular weight excluding hydrogens is 222 g/mol. The van der Waals surface area contributed by atoms with Crippen LogP contribution in [0.3, 0.4) is 0 Å². The van der Waals surface area contributed by atoms with Gasteiger partial charge in [-0.1, -0.05) is 0 Å². The predicted octanol–water partition coefficient (Wildman–Crippen LogP) is 0.144. The van der Waals surface area contributed by atoms with Crippen molar-refractivity contribution in [3.63, 3.8) is 0 Å². The molecule has 0 aromatic heterocycles. The summed E-state index contributed by atoms with van der Waals surface area (Å²) >= 11 is 0. The van der Waals surface area contributed by atoms with E-state index in [0.717, 1.165) is 4.90 Å². The zero-order valence-corrected chi connectivity index (χ0v) is 8.66. The van der Waals surface area contributed by atoms with E-state index in [0.29, 0.717) is 13.0 Å². The van der Waals surface area contributed by atoms with Crippen molar-refractivity contribution in [1.82, 2.24) is 10.2 Å². The van der Waals surface area contributed by atoms with Gasteiger partial charge in [-0.05, 0) is 6.42 Å². The van der Waals surface area contributed by atoms with Crippen LogP contribution in [-0.2, 0) is 4.74 Å². The SMILES string of the molecule is O=C1NCCCN1[C@@H]1O[C@H](CO)CC1(F)F. The van der Waals surface area contributed by atoms with E-state index in [1.165, 1.54) is 0 Å². The molecule has 0 radical (unpaired) electrons. The molecule has 2 atom stereocenters. The summed E-state index contributed by atoms with van der Waals surface area (Å²) < 4.78 is 32.1. The van der Waals surface area contributed by atoms with Crippen LogP contribution in [0.5, 0.6) is 0 Å². The number of carbonyl (C=O) groups excluding carboxylic acids is 1. The number of carbonyl (C=O) groups is 1. The average Bonchev–Trinajstić information content (AvgIpc) is 2.54. The smallest absolute Gasteiger partial charge is 0.319 e. The van der Waals surface area contributed by atoms with Crippen LogP contribution in [-0.4, -0.2) is 54.0 Å². The minimum atomic E-state index is -3.10. The van der Waals surface area contributed by atoms with Crippen LogP contribution >= 0.6 is 0 Å². The Morgan fingerprint density at radius 2 is 2.38 bits per heavy atom. The molecule has 2 heterocycles. The van der Waals surface area contributed by atoms with E-state index in [1.807, 2.05) is 0 Å². The van der Waals surface area contributed by atoms with Gasteiger partial charge in [0.1, 0.15) is 0 Å². The first-order chi connectivity index (χ1) is 7.54. The van der Waals surface area contributed by atoms with Crippen molar-refractivity contribution in [2.75, 3.05) is 19.7 Å². The maximum absolute atomic E-state index is 13.5. The lowest BCUT2D eigenvalue weighted by Crippen LogP contribution is -2.55. The highest BCUT2D eigenvalue weighted by Gasteiger charge is 2.54. The van der Waals surface area contributed by atoms with Crippen LogP contribution in [0.2, 0.25) is 0 Å². The second-order valence-corrected chi connectivity index (χ2v) is 4.04. The Kier molecular flexibility index (Phi) is 2.98. The molecule has 2 N–H and O–H groups in total. The Morgan fingerprint density at radius 3 is 2.94 bits per heavy atom. The monoisotopic (exact) mass is 236 g/mol. The first-order valence-electron chi connectivity index (χ1n) is 5.23. The Labute approximate surface area is 91.4 Å². The number of nitrogens with one attached hydrogen (secondary N) is 1. The van der Waals surface area contributed by atoms with E-state index in [2.05, 4.69) is 5.32 Å². The summed E-state index contributed by atoms with van der Waals surface area (Å²) in [4.78, 5) is 12.4. The lowest BCUT2D eigenvalue weighted by Gasteiger charge is -2.34. The highest BCUT2D eigenvalue weighted by molar-refractivity contribution is 5.75. The molecular formula is C9H14F2N2O3. The van der Waals surface area contributed by atoms with Gasteiger partial charge in [-0.15, -0.1) is 0 Å². The number of urea groups is 1. The molecule has 0 spiro atoms. The van der Waals surface area contributed by atoms with Gasteiger partial charge in [0, 0.05) is 19.5 Å². The summed E-state index contributed by atoms with van der Waals surface area (Å²) in [6, 6.07) is -0.533. The topological polar surface area (TPSA) is 61.8 Å². The number of ether oxygens (including phenoxy) is 1. The summed E-state index contributed by atoms with van der Waals surface area (Å²) in [5.74, 6) is -3.10. The minimum Gasteiger partial charge on any atom is -0.394 e. The number of rotatable bonds is 2. The Morgan fingerprint density at radius 1 is 1.62 bits per heavy atom. The molecule has 2 amide bonds. The maximum atomic E-state index is 13.5. The minimum absolute atomic E-state index is 0.254. The lowest BCUT2D eigenvalue weighted by atomic mass is 10.1. The third kappa shape index (κ3) is 1.97. The third-order valence-electron chi connectivity index (χ3n) is 2.78. The number of amides is 2. The van der Waals surface area contributed by atoms with Crippen molar-refractivity contribution in [1.29, 1.82) is 0 Å². The number of nitrogens with zero attached hydrogens (tertiary/aromatic N) is 1. The largest absolute Gasteiger partial charge is 0.394 e. The van der Waals surface area contributed by atoms with E-state index in [-0.39, 0.29) is 6.54 Å². The van der Waals surface area contributed by atoms with Gasteiger partial charge in [0.2, 0.25) is 0 Å². The Hall–Kier alpha value is -0.950. The summed E-state index contributed by atoms with van der Waals surface area (Å²) in [6.45, 7) is 0.294. The number of hydrogen-bond donors (Lipinski definition) is 2. The molecule has 0 saturated carbocycles. The Balaban J connectivity index is 2.10. The van der Waals surface area contributed by atoms with Crippen molar-refractivity contribution in [3.8, 4) is 0 Å². The van der Waals surface area contributed by atoms with Crippen LogP contribution in [0.4, 0.5) is 13.6 Å². The molecule has 0 aromatic carbocycles. The van der Waals surface area contributed by atoms with Crippen molar-refractivity contribution in [2.45, 2.75) is 31.1 Å². The van der Waals surface area contributed by atoms with E-state index in [1.54, 1.807) is 0 Å². The molecule has 0 unspecified atom stereocenters. The molecule has 0 aromatic rings.